The normalized spacial score (nSPS) is 18.1. The van der Waals surface area contributed by atoms with Gasteiger partial charge in [0.05, 0.1) is 17.2 Å². The van der Waals surface area contributed by atoms with Crippen LogP contribution in [0.3, 0.4) is 0 Å². The van der Waals surface area contributed by atoms with Crippen LogP contribution in [-0.4, -0.2) is 57.4 Å². The number of rotatable bonds is 3. The van der Waals surface area contributed by atoms with Gasteiger partial charge in [0.2, 0.25) is 0 Å². The second-order valence-electron chi connectivity index (χ2n) is 10.4. The summed E-state index contributed by atoms with van der Waals surface area (Å²) in [6, 6.07) is 9.70. The number of ether oxygens (including phenoxy) is 1. The number of likely N-dealkylation sites (tertiary alicyclic amines) is 1. The molecule has 0 unspecified atom stereocenters. The lowest BCUT2D eigenvalue weighted by Crippen LogP contribution is -2.43. The number of hydrogen-bond donors (Lipinski definition) is 3. The summed E-state index contributed by atoms with van der Waals surface area (Å²) in [5.74, 6) is -0.0725. The first-order valence-electron chi connectivity index (χ1n) is 13.3. The van der Waals surface area contributed by atoms with E-state index in [4.69, 9.17) is 15.5 Å². The first-order chi connectivity index (χ1) is 18.6. The minimum Gasteiger partial charge on any atom is -0.394 e. The number of anilines is 1. The molecule has 0 amide bonds. The van der Waals surface area contributed by atoms with Crippen LogP contribution in [0.4, 0.5) is 10.1 Å². The standard InChI is InChI=1S/C29H29FN6O2/c30-23-4-3-18(22-15-33-35-28(22)23)24-21-14-20(16-5-10-36(11-6-16)17-7-12-38-13-8-17)26-19(2-1-9-32-26)27(21)34-29(37)25(24)31/h1-4,9,14-17H,5-8,10-13,31H2,(H,33,35)(H,34,37). The maximum absolute atomic E-state index is 14.5. The lowest BCUT2D eigenvalue weighted by atomic mass is 9.84. The number of hydrogen-bond acceptors (Lipinski definition) is 6. The average molecular weight is 513 g/mol. The van der Waals surface area contributed by atoms with E-state index >= 15 is 0 Å². The third-order valence-electron chi connectivity index (χ3n) is 8.45. The van der Waals surface area contributed by atoms with E-state index in [9.17, 15) is 9.18 Å². The Morgan fingerprint density at radius 1 is 1.03 bits per heavy atom. The second-order valence-corrected chi connectivity index (χ2v) is 10.4. The summed E-state index contributed by atoms with van der Waals surface area (Å²) in [6.45, 7) is 3.77. The van der Waals surface area contributed by atoms with Crippen molar-refractivity contribution in [3.8, 4) is 11.1 Å². The van der Waals surface area contributed by atoms with Gasteiger partial charge in [0.1, 0.15) is 17.0 Å². The van der Waals surface area contributed by atoms with Crippen LogP contribution in [0.5, 0.6) is 0 Å². The van der Waals surface area contributed by atoms with Gasteiger partial charge in [0.25, 0.3) is 5.56 Å². The average Bonchev–Trinajstić information content (AvgIpc) is 3.46. The van der Waals surface area contributed by atoms with Crippen LogP contribution < -0.4 is 11.3 Å². The third-order valence-corrected chi connectivity index (χ3v) is 8.45. The van der Waals surface area contributed by atoms with Gasteiger partial charge in [-0.25, -0.2) is 4.39 Å². The van der Waals surface area contributed by atoms with Crippen molar-refractivity contribution in [1.29, 1.82) is 0 Å². The zero-order chi connectivity index (χ0) is 25.8. The Bertz CT molecular complexity index is 1730. The highest BCUT2D eigenvalue weighted by Gasteiger charge is 2.29. The molecule has 2 saturated heterocycles. The van der Waals surface area contributed by atoms with E-state index in [1.807, 2.05) is 12.1 Å². The number of H-pyrrole nitrogens is 2. The number of piperidine rings is 1. The minimum absolute atomic E-state index is 0.107. The summed E-state index contributed by atoms with van der Waals surface area (Å²) in [7, 11) is 0. The molecule has 3 aromatic heterocycles. The predicted molar refractivity (Wildman–Crippen MR) is 147 cm³/mol. The number of fused-ring (bicyclic) bond motifs is 4. The van der Waals surface area contributed by atoms with Gasteiger partial charge in [0, 0.05) is 47.2 Å². The van der Waals surface area contributed by atoms with Gasteiger partial charge in [-0.3, -0.25) is 14.9 Å². The lowest BCUT2D eigenvalue weighted by molar-refractivity contribution is 0.0252. The van der Waals surface area contributed by atoms with Crippen molar-refractivity contribution in [2.75, 3.05) is 32.0 Å². The molecule has 0 saturated carbocycles. The smallest absolute Gasteiger partial charge is 0.272 e. The van der Waals surface area contributed by atoms with Crippen molar-refractivity contribution >= 4 is 38.4 Å². The molecule has 2 fully saturated rings. The summed E-state index contributed by atoms with van der Waals surface area (Å²) in [6.07, 6.45) is 7.65. The monoisotopic (exact) mass is 512 g/mol. The van der Waals surface area contributed by atoms with E-state index in [1.165, 1.54) is 6.07 Å². The molecule has 8 nitrogen and oxygen atoms in total. The Labute approximate surface area is 218 Å². The largest absolute Gasteiger partial charge is 0.394 e. The molecule has 2 aromatic carbocycles. The van der Waals surface area contributed by atoms with Gasteiger partial charge in [-0.1, -0.05) is 6.07 Å². The first kappa shape index (κ1) is 23.3. The Hall–Kier alpha value is -3.82. The highest BCUT2D eigenvalue weighted by molar-refractivity contribution is 6.15. The summed E-state index contributed by atoms with van der Waals surface area (Å²) in [4.78, 5) is 23.5. The molecule has 2 aliphatic heterocycles. The van der Waals surface area contributed by atoms with E-state index in [0.29, 0.717) is 39.5 Å². The molecular weight excluding hydrogens is 483 g/mol. The van der Waals surface area contributed by atoms with Crippen molar-refractivity contribution in [2.24, 2.45) is 0 Å². The Kier molecular flexibility index (Phi) is 5.63. The molecule has 0 bridgehead atoms. The Morgan fingerprint density at radius 2 is 1.84 bits per heavy atom. The van der Waals surface area contributed by atoms with Crippen molar-refractivity contribution in [2.45, 2.75) is 37.6 Å². The second kappa shape index (κ2) is 9.18. The topological polar surface area (TPSA) is 113 Å². The van der Waals surface area contributed by atoms with Gasteiger partial charge in [-0.05, 0) is 80.1 Å². The molecule has 0 spiro atoms. The number of nitrogens with one attached hydrogen (secondary N) is 2. The molecule has 5 aromatic rings. The molecule has 2 aliphatic rings. The summed E-state index contributed by atoms with van der Waals surface area (Å²) >= 11 is 0. The van der Waals surface area contributed by atoms with Crippen LogP contribution in [0, 0.1) is 5.82 Å². The fourth-order valence-corrected chi connectivity index (χ4v) is 6.50. The van der Waals surface area contributed by atoms with Gasteiger partial charge < -0.3 is 20.4 Å². The number of nitrogen functional groups attached to an aromatic ring is 1. The van der Waals surface area contributed by atoms with E-state index in [2.05, 4.69) is 26.1 Å². The molecule has 0 aliphatic carbocycles. The SMILES string of the molecule is Nc1c(-c2ccc(F)c3[nH]ncc23)c2cc(C3CCN(C4CCOCC4)CC3)c3ncccc3c2[nH]c1=O. The lowest BCUT2D eigenvalue weighted by Gasteiger charge is -2.39. The van der Waals surface area contributed by atoms with E-state index in [0.717, 1.165) is 73.8 Å². The Balaban J connectivity index is 1.40. The number of halogens is 1. The van der Waals surface area contributed by atoms with Crippen LogP contribution in [0.15, 0.2) is 47.5 Å². The zero-order valence-corrected chi connectivity index (χ0v) is 21.0. The molecule has 0 atom stereocenters. The molecule has 9 heteroatoms. The van der Waals surface area contributed by atoms with Crippen LogP contribution in [0.25, 0.3) is 43.8 Å². The van der Waals surface area contributed by atoms with Gasteiger partial charge in [-0.2, -0.15) is 5.10 Å². The van der Waals surface area contributed by atoms with Crippen molar-refractivity contribution in [1.82, 2.24) is 25.1 Å². The van der Waals surface area contributed by atoms with Gasteiger partial charge >= 0.3 is 0 Å². The Morgan fingerprint density at radius 3 is 2.66 bits per heavy atom. The van der Waals surface area contributed by atoms with Crippen molar-refractivity contribution in [3.05, 3.63) is 64.5 Å². The van der Waals surface area contributed by atoms with E-state index < -0.39 is 5.82 Å². The van der Waals surface area contributed by atoms with Crippen molar-refractivity contribution < 1.29 is 9.13 Å². The van der Waals surface area contributed by atoms with Gasteiger partial charge in [0.15, 0.2) is 0 Å². The number of nitrogens with zero attached hydrogens (tertiary/aromatic N) is 3. The highest BCUT2D eigenvalue weighted by atomic mass is 19.1. The zero-order valence-electron chi connectivity index (χ0n) is 21.0. The fourth-order valence-electron chi connectivity index (χ4n) is 6.50. The van der Waals surface area contributed by atoms with E-state index in [1.54, 1.807) is 18.5 Å². The van der Waals surface area contributed by atoms with E-state index in [-0.39, 0.29) is 11.2 Å². The predicted octanol–water partition coefficient (Wildman–Crippen LogP) is 4.70. The van der Waals surface area contributed by atoms with Gasteiger partial charge in [-0.15, -0.1) is 0 Å². The molecule has 38 heavy (non-hydrogen) atoms. The molecule has 5 heterocycles. The number of aromatic nitrogens is 4. The molecule has 194 valence electrons. The van der Waals surface area contributed by atoms with Crippen molar-refractivity contribution in [3.63, 3.8) is 0 Å². The highest BCUT2D eigenvalue weighted by Crippen LogP contribution is 2.42. The fraction of sp³-hybridized carbons (Fsp3) is 0.345. The van der Waals surface area contributed by atoms with Crippen LogP contribution >= 0.6 is 0 Å². The molecular formula is C29H29FN6O2. The minimum atomic E-state index is -0.402. The number of benzene rings is 2. The molecule has 7 rings (SSSR count). The van der Waals surface area contributed by atoms with Crippen LogP contribution in [0.2, 0.25) is 0 Å². The first-order valence-corrected chi connectivity index (χ1v) is 13.3. The number of pyridine rings is 2. The maximum atomic E-state index is 14.5. The van der Waals surface area contributed by atoms with Crippen LogP contribution in [0.1, 0.15) is 37.2 Å². The quantitative estimate of drug-likeness (QED) is 0.302. The maximum Gasteiger partial charge on any atom is 0.272 e. The summed E-state index contributed by atoms with van der Waals surface area (Å²) in [5, 5.41) is 9.08. The molecule has 4 N–H and O–H groups in total. The molecule has 0 radical (unpaired) electrons. The summed E-state index contributed by atoms with van der Waals surface area (Å²) < 4.78 is 20.1. The van der Waals surface area contributed by atoms with Crippen LogP contribution in [-0.2, 0) is 4.74 Å². The third kappa shape index (κ3) is 3.68. The summed E-state index contributed by atoms with van der Waals surface area (Å²) in [5.41, 5.74) is 10.5. The number of aromatic amines is 2. The number of nitrogens with two attached hydrogens (primary N) is 1.